The van der Waals surface area contributed by atoms with Gasteiger partial charge in [-0.25, -0.2) is 0 Å². The maximum atomic E-state index is 12.4. The SMILES string of the molecule is C[C@@H](N)[C@H]1CC[C@H](C(=O)NN2C=CC=C3NCC=C32)CC1.Cl.Cl. The minimum absolute atomic E-state index is 0. The van der Waals surface area contributed by atoms with Crippen LogP contribution >= 0.6 is 24.8 Å². The number of nitrogens with zero attached hydrogens (tertiary/aromatic N) is 1. The fourth-order valence-electron chi connectivity index (χ4n) is 3.35. The zero-order valence-corrected chi connectivity index (χ0v) is 15.0. The predicted octanol–water partition coefficient (Wildman–Crippen LogP) is 2.22. The fraction of sp³-hybridized carbons (Fsp3) is 0.562. The van der Waals surface area contributed by atoms with E-state index in [0.29, 0.717) is 5.92 Å². The smallest absolute Gasteiger partial charge is 0.241 e. The van der Waals surface area contributed by atoms with E-state index in [1.54, 1.807) is 0 Å². The lowest BCUT2D eigenvalue weighted by atomic mass is 9.79. The van der Waals surface area contributed by atoms with Crippen molar-refractivity contribution in [3.05, 3.63) is 35.8 Å². The Morgan fingerprint density at radius 1 is 1.35 bits per heavy atom. The zero-order valence-electron chi connectivity index (χ0n) is 13.3. The van der Waals surface area contributed by atoms with E-state index < -0.39 is 0 Å². The molecule has 7 heteroatoms. The van der Waals surface area contributed by atoms with Gasteiger partial charge in [0.25, 0.3) is 0 Å². The molecule has 0 unspecified atom stereocenters. The summed E-state index contributed by atoms with van der Waals surface area (Å²) in [4.78, 5) is 12.4. The molecule has 1 saturated carbocycles. The van der Waals surface area contributed by atoms with E-state index >= 15 is 0 Å². The maximum absolute atomic E-state index is 12.4. The molecular weight excluding hydrogens is 335 g/mol. The standard InChI is InChI=1S/C16H24N4O.2ClH/c1-11(17)12-4-6-13(7-5-12)16(21)19-20-10-2-3-14-15(20)8-9-18-14;;/h2-3,8,10-13,18H,4-7,9,17H2,1H3,(H,19,21);2*1H/t11-,12-,13-;;/m1../s1. The summed E-state index contributed by atoms with van der Waals surface area (Å²) < 4.78 is 0. The van der Waals surface area contributed by atoms with Crippen molar-refractivity contribution in [3.63, 3.8) is 0 Å². The van der Waals surface area contributed by atoms with E-state index in [0.717, 1.165) is 43.6 Å². The minimum atomic E-state index is 0. The van der Waals surface area contributed by atoms with Gasteiger partial charge in [-0.1, -0.05) is 0 Å². The van der Waals surface area contributed by atoms with Crippen LogP contribution in [0, 0.1) is 11.8 Å². The molecular formula is C16H26Cl2N4O. The number of nitrogens with one attached hydrogen (secondary N) is 2. The average Bonchev–Trinajstić information content (AvgIpc) is 2.97. The highest BCUT2D eigenvalue weighted by molar-refractivity contribution is 5.85. The molecule has 1 fully saturated rings. The first kappa shape index (κ1) is 19.9. The van der Waals surface area contributed by atoms with E-state index in [1.165, 1.54) is 0 Å². The summed E-state index contributed by atoms with van der Waals surface area (Å²) in [6.45, 7) is 2.88. The van der Waals surface area contributed by atoms with Crippen LogP contribution in [0.1, 0.15) is 32.6 Å². The first-order valence-corrected chi connectivity index (χ1v) is 7.83. The van der Waals surface area contributed by atoms with Crippen molar-refractivity contribution in [2.24, 2.45) is 17.6 Å². The highest BCUT2D eigenvalue weighted by Gasteiger charge is 2.29. The number of allylic oxidation sites excluding steroid dienone is 2. The second kappa shape index (κ2) is 8.62. The van der Waals surface area contributed by atoms with Gasteiger partial charge in [-0.3, -0.25) is 15.2 Å². The molecule has 3 rings (SSSR count). The third kappa shape index (κ3) is 4.43. The zero-order chi connectivity index (χ0) is 14.8. The van der Waals surface area contributed by atoms with Gasteiger partial charge in [0, 0.05) is 24.7 Å². The molecule has 130 valence electrons. The Kier molecular flexibility index (Phi) is 7.45. The molecule has 0 aromatic carbocycles. The van der Waals surface area contributed by atoms with Crippen LogP contribution in [0.5, 0.6) is 0 Å². The van der Waals surface area contributed by atoms with Crippen molar-refractivity contribution >= 4 is 30.7 Å². The molecule has 0 aromatic rings. The number of carbonyl (C=O) groups excluding carboxylic acids is 1. The van der Waals surface area contributed by atoms with Gasteiger partial charge in [0.05, 0.1) is 11.4 Å². The largest absolute Gasteiger partial charge is 0.380 e. The summed E-state index contributed by atoms with van der Waals surface area (Å²) in [6, 6.07) is 0.237. The van der Waals surface area contributed by atoms with Crippen LogP contribution in [0.4, 0.5) is 0 Å². The van der Waals surface area contributed by atoms with Crippen molar-refractivity contribution in [3.8, 4) is 0 Å². The number of hydrogen-bond donors (Lipinski definition) is 3. The van der Waals surface area contributed by atoms with Gasteiger partial charge in [-0.15, -0.1) is 24.8 Å². The Hall–Kier alpha value is -1.17. The minimum Gasteiger partial charge on any atom is -0.380 e. The van der Waals surface area contributed by atoms with E-state index in [9.17, 15) is 4.79 Å². The number of hydrazine groups is 1. The molecule has 1 amide bonds. The highest BCUT2D eigenvalue weighted by atomic mass is 35.5. The van der Waals surface area contributed by atoms with Gasteiger partial charge in [0.1, 0.15) is 0 Å². The number of fused-ring (bicyclic) bond motifs is 1. The van der Waals surface area contributed by atoms with Crippen molar-refractivity contribution in [1.82, 2.24) is 15.8 Å². The molecule has 0 spiro atoms. The Bertz CT molecular complexity index is 508. The van der Waals surface area contributed by atoms with E-state index in [-0.39, 0.29) is 42.7 Å². The molecule has 1 atom stereocenters. The molecule has 0 aromatic heterocycles. The van der Waals surface area contributed by atoms with Crippen molar-refractivity contribution in [2.75, 3.05) is 6.54 Å². The van der Waals surface area contributed by atoms with Crippen LogP contribution in [0.2, 0.25) is 0 Å². The second-order valence-electron chi connectivity index (χ2n) is 6.21. The monoisotopic (exact) mass is 360 g/mol. The maximum Gasteiger partial charge on any atom is 0.241 e. The van der Waals surface area contributed by atoms with Crippen LogP contribution in [-0.2, 0) is 4.79 Å². The van der Waals surface area contributed by atoms with E-state index in [4.69, 9.17) is 5.73 Å². The molecule has 5 nitrogen and oxygen atoms in total. The molecule has 4 N–H and O–H groups in total. The third-order valence-electron chi connectivity index (χ3n) is 4.74. The number of halogens is 2. The summed E-state index contributed by atoms with van der Waals surface area (Å²) in [5.74, 6) is 0.801. The molecule has 0 saturated heterocycles. The molecule has 23 heavy (non-hydrogen) atoms. The van der Waals surface area contributed by atoms with Crippen molar-refractivity contribution in [1.29, 1.82) is 0 Å². The molecule has 2 heterocycles. The summed E-state index contributed by atoms with van der Waals surface area (Å²) in [5.41, 5.74) is 11.1. The summed E-state index contributed by atoms with van der Waals surface area (Å²) >= 11 is 0. The number of carbonyl (C=O) groups is 1. The summed E-state index contributed by atoms with van der Waals surface area (Å²) in [7, 11) is 0. The lowest BCUT2D eigenvalue weighted by Gasteiger charge is -2.32. The molecule has 1 aliphatic carbocycles. The molecule has 2 aliphatic heterocycles. The Morgan fingerprint density at radius 2 is 2.04 bits per heavy atom. The second-order valence-corrected chi connectivity index (χ2v) is 6.21. The Balaban J connectivity index is 0.00000132. The van der Waals surface area contributed by atoms with Crippen LogP contribution < -0.4 is 16.5 Å². The number of rotatable bonds is 3. The predicted molar refractivity (Wildman–Crippen MR) is 96.9 cm³/mol. The number of amides is 1. The van der Waals surface area contributed by atoms with Crippen LogP contribution in [-0.4, -0.2) is 23.5 Å². The van der Waals surface area contributed by atoms with Gasteiger partial charge in [0.2, 0.25) is 5.91 Å². The van der Waals surface area contributed by atoms with Gasteiger partial charge in [-0.05, 0) is 56.8 Å². The lowest BCUT2D eigenvalue weighted by molar-refractivity contribution is -0.129. The molecule has 0 radical (unpaired) electrons. The summed E-state index contributed by atoms with van der Waals surface area (Å²) in [6.07, 6.45) is 11.9. The molecule has 0 bridgehead atoms. The average molecular weight is 361 g/mol. The highest BCUT2D eigenvalue weighted by Crippen LogP contribution is 2.30. The van der Waals surface area contributed by atoms with Gasteiger partial charge in [0.15, 0.2) is 0 Å². The quantitative estimate of drug-likeness (QED) is 0.721. The summed E-state index contributed by atoms with van der Waals surface area (Å²) in [5, 5.41) is 5.10. The van der Waals surface area contributed by atoms with E-state index in [1.807, 2.05) is 23.4 Å². The third-order valence-corrected chi connectivity index (χ3v) is 4.74. The first-order chi connectivity index (χ1) is 10.1. The van der Waals surface area contributed by atoms with E-state index in [2.05, 4.69) is 23.7 Å². The van der Waals surface area contributed by atoms with Crippen LogP contribution in [0.3, 0.4) is 0 Å². The van der Waals surface area contributed by atoms with Gasteiger partial charge >= 0.3 is 0 Å². The van der Waals surface area contributed by atoms with Crippen LogP contribution in [0.25, 0.3) is 0 Å². The topological polar surface area (TPSA) is 70.4 Å². The van der Waals surface area contributed by atoms with Crippen molar-refractivity contribution in [2.45, 2.75) is 38.6 Å². The van der Waals surface area contributed by atoms with Crippen molar-refractivity contribution < 1.29 is 4.79 Å². The lowest BCUT2D eigenvalue weighted by Crippen LogP contribution is -2.44. The van der Waals surface area contributed by atoms with Gasteiger partial charge in [-0.2, -0.15) is 0 Å². The fourth-order valence-corrected chi connectivity index (χ4v) is 3.35. The van der Waals surface area contributed by atoms with Gasteiger partial charge < -0.3 is 11.1 Å². The Morgan fingerprint density at radius 3 is 2.70 bits per heavy atom. The number of hydrogen-bond acceptors (Lipinski definition) is 4. The molecule has 3 aliphatic rings. The number of nitrogens with two attached hydrogens (primary N) is 1. The Labute approximate surface area is 150 Å². The van der Waals surface area contributed by atoms with Crippen LogP contribution in [0.15, 0.2) is 35.8 Å². The first-order valence-electron chi connectivity index (χ1n) is 7.83. The normalized spacial score (nSPS) is 26.6.